The fourth-order valence-electron chi connectivity index (χ4n) is 1.93. The van der Waals surface area contributed by atoms with E-state index < -0.39 is 16.0 Å². The van der Waals surface area contributed by atoms with Gasteiger partial charge in [-0.05, 0) is 24.1 Å². The highest BCUT2D eigenvalue weighted by atomic mass is 32.2. The van der Waals surface area contributed by atoms with Crippen molar-refractivity contribution in [1.82, 2.24) is 4.72 Å². The third-order valence-corrected chi connectivity index (χ3v) is 4.47. The highest BCUT2D eigenvalue weighted by molar-refractivity contribution is 7.89. The SMILES string of the molecule is O=C(O)c1ccccc1S(=O)(=O)NCCc1ccccc1. The molecule has 0 aliphatic heterocycles. The third-order valence-electron chi connectivity index (χ3n) is 2.96. The molecular weight excluding hydrogens is 290 g/mol. The molecule has 0 fully saturated rings. The van der Waals surface area contributed by atoms with Crippen LogP contribution in [0.5, 0.6) is 0 Å². The van der Waals surface area contributed by atoms with Gasteiger partial charge >= 0.3 is 5.97 Å². The lowest BCUT2D eigenvalue weighted by molar-refractivity contribution is 0.0692. The minimum atomic E-state index is -3.84. The molecule has 2 rings (SSSR count). The molecule has 2 aromatic rings. The number of rotatable bonds is 6. The normalized spacial score (nSPS) is 11.2. The molecule has 21 heavy (non-hydrogen) atoms. The summed E-state index contributed by atoms with van der Waals surface area (Å²) < 4.78 is 26.8. The zero-order valence-corrected chi connectivity index (χ0v) is 12.0. The van der Waals surface area contributed by atoms with Crippen LogP contribution >= 0.6 is 0 Å². The van der Waals surface area contributed by atoms with Crippen molar-refractivity contribution in [3.05, 3.63) is 65.7 Å². The van der Waals surface area contributed by atoms with E-state index in [2.05, 4.69) is 4.72 Å². The molecule has 0 amide bonds. The first kappa shape index (κ1) is 15.2. The van der Waals surface area contributed by atoms with Crippen molar-refractivity contribution in [3.8, 4) is 0 Å². The number of carbonyl (C=O) groups is 1. The largest absolute Gasteiger partial charge is 0.478 e. The lowest BCUT2D eigenvalue weighted by Gasteiger charge is -2.09. The Kier molecular flexibility index (Phi) is 4.72. The van der Waals surface area contributed by atoms with Crippen LogP contribution < -0.4 is 4.72 Å². The summed E-state index contributed by atoms with van der Waals surface area (Å²) >= 11 is 0. The fourth-order valence-corrected chi connectivity index (χ4v) is 3.16. The summed E-state index contributed by atoms with van der Waals surface area (Å²) in [4.78, 5) is 10.9. The van der Waals surface area contributed by atoms with Crippen molar-refractivity contribution in [3.63, 3.8) is 0 Å². The van der Waals surface area contributed by atoms with Crippen LogP contribution in [0.25, 0.3) is 0 Å². The minimum absolute atomic E-state index is 0.209. The van der Waals surface area contributed by atoms with Crippen LogP contribution in [0.1, 0.15) is 15.9 Å². The van der Waals surface area contributed by atoms with Gasteiger partial charge in [0.15, 0.2) is 0 Å². The van der Waals surface area contributed by atoms with Gasteiger partial charge in [-0.3, -0.25) is 0 Å². The molecule has 0 bridgehead atoms. The van der Waals surface area contributed by atoms with Crippen LogP contribution in [0, 0.1) is 0 Å². The summed E-state index contributed by atoms with van der Waals surface area (Å²) in [5, 5.41) is 9.04. The molecule has 0 heterocycles. The molecule has 6 heteroatoms. The Morgan fingerprint density at radius 1 is 1.00 bits per heavy atom. The van der Waals surface area contributed by atoms with Crippen LogP contribution in [0.3, 0.4) is 0 Å². The molecule has 0 spiro atoms. The number of benzene rings is 2. The number of carboxylic acids is 1. The Hall–Kier alpha value is -2.18. The number of hydrogen-bond donors (Lipinski definition) is 2. The molecule has 0 saturated heterocycles. The second kappa shape index (κ2) is 6.51. The van der Waals surface area contributed by atoms with Gasteiger partial charge in [0.25, 0.3) is 0 Å². The van der Waals surface area contributed by atoms with E-state index >= 15 is 0 Å². The maximum absolute atomic E-state index is 12.2. The third kappa shape index (κ3) is 3.90. The van der Waals surface area contributed by atoms with Crippen molar-refractivity contribution in [2.24, 2.45) is 0 Å². The zero-order chi connectivity index (χ0) is 15.3. The molecule has 0 saturated carbocycles. The van der Waals surface area contributed by atoms with E-state index in [9.17, 15) is 13.2 Å². The van der Waals surface area contributed by atoms with Gasteiger partial charge in [-0.15, -0.1) is 0 Å². The highest BCUT2D eigenvalue weighted by Crippen LogP contribution is 2.15. The van der Waals surface area contributed by atoms with E-state index in [1.54, 1.807) is 0 Å². The topological polar surface area (TPSA) is 83.5 Å². The minimum Gasteiger partial charge on any atom is -0.478 e. The van der Waals surface area contributed by atoms with Crippen molar-refractivity contribution in [2.75, 3.05) is 6.54 Å². The Labute approximate surface area is 123 Å². The standard InChI is InChI=1S/C15H15NO4S/c17-15(18)13-8-4-5-9-14(13)21(19,20)16-11-10-12-6-2-1-3-7-12/h1-9,16H,10-11H2,(H,17,18). The van der Waals surface area contributed by atoms with Crippen LogP contribution in [-0.4, -0.2) is 26.0 Å². The predicted molar refractivity (Wildman–Crippen MR) is 78.7 cm³/mol. The monoisotopic (exact) mass is 305 g/mol. The summed E-state index contributed by atoms with van der Waals surface area (Å²) in [5.74, 6) is -1.26. The Bertz CT molecular complexity index is 726. The zero-order valence-electron chi connectivity index (χ0n) is 11.2. The number of carboxylic acid groups (broad SMARTS) is 1. The Morgan fingerprint density at radius 3 is 2.29 bits per heavy atom. The molecule has 2 aromatic carbocycles. The van der Waals surface area contributed by atoms with E-state index in [1.807, 2.05) is 30.3 Å². The maximum atomic E-state index is 12.2. The van der Waals surface area contributed by atoms with E-state index in [4.69, 9.17) is 5.11 Å². The predicted octanol–water partition coefficient (Wildman–Crippen LogP) is 1.91. The van der Waals surface area contributed by atoms with Gasteiger partial charge in [0, 0.05) is 6.54 Å². The number of hydrogen-bond acceptors (Lipinski definition) is 3. The first-order valence-corrected chi connectivity index (χ1v) is 7.85. The Morgan fingerprint density at radius 2 is 1.62 bits per heavy atom. The first-order valence-electron chi connectivity index (χ1n) is 6.36. The van der Waals surface area contributed by atoms with Gasteiger partial charge in [-0.2, -0.15) is 0 Å². The van der Waals surface area contributed by atoms with Gasteiger partial charge < -0.3 is 5.11 Å². The quantitative estimate of drug-likeness (QED) is 0.854. The number of sulfonamides is 1. The van der Waals surface area contributed by atoms with Crippen molar-refractivity contribution in [2.45, 2.75) is 11.3 Å². The van der Waals surface area contributed by atoms with Crippen LogP contribution in [0.2, 0.25) is 0 Å². The average molecular weight is 305 g/mol. The highest BCUT2D eigenvalue weighted by Gasteiger charge is 2.21. The van der Waals surface area contributed by atoms with Gasteiger partial charge in [-0.25, -0.2) is 17.9 Å². The Balaban J connectivity index is 2.11. The van der Waals surface area contributed by atoms with Crippen molar-refractivity contribution < 1.29 is 18.3 Å². The number of aromatic carboxylic acids is 1. The molecule has 0 aliphatic rings. The van der Waals surface area contributed by atoms with Crippen LogP contribution in [-0.2, 0) is 16.4 Å². The molecule has 0 aromatic heterocycles. The second-order valence-electron chi connectivity index (χ2n) is 4.43. The van der Waals surface area contributed by atoms with Crippen LogP contribution in [0.4, 0.5) is 0 Å². The summed E-state index contributed by atoms with van der Waals surface area (Å²) in [6.45, 7) is 0.209. The maximum Gasteiger partial charge on any atom is 0.337 e. The molecule has 2 N–H and O–H groups in total. The molecule has 110 valence electrons. The van der Waals surface area contributed by atoms with Crippen molar-refractivity contribution >= 4 is 16.0 Å². The van der Waals surface area contributed by atoms with Gasteiger partial charge in [0.1, 0.15) is 0 Å². The average Bonchev–Trinajstić information content (AvgIpc) is 2.48. The summed E-state index contributed by atoms with van der Waals surface area (Å²) in [6.07, 6.45) is 0.537. The molecule has 0 aliphatic carbocycles. The van der Waals surface area contributed by atoms with Gasteiger partial charge in [0.2, 0.25) is 10.0 Å². The molecule has 5 nitrogen and oxygen atoms in total. The van der Waals surface area contributed by atoms with E-state index in [1.165, 1.54) is 24.3 Å². The molecule has 0 atom stereocenters. The summed E-state index contributed by atoms with van der Waals surface area (Å²) in [6, 6.07) is 15.0. The summed E-state index contributed by atoms with van der Waals surface area (Å²) in [5.41, 5.74) is 0.774. The smallest absolute Gasteiger partial charge is 0.337 e. The number of nitrogens with one attached hydrogen (secondary N) is 1. The lowest BCUT2D eigenvalue weighted by atomic mass is 10.2. The van der Waals surface area contributed by atoms with E-state index in [-0.39, 0.29) is 17.0 Å². The van der Waals surface area contributed by atoms with Gasteiger partial charge in [0.05, 0.1) is 10.5 Å². The molecule has 0 radical (unpaired) electrons. The summed E-state index contributed by atoms with van der Waals surface area (Å²) in [7, 11) is -3.84. The molecular formula is C15H15NO4S. The van der Waals surface area contributed by atoms with Crippen molar-refractivity contribution in [1.29, 1.82) is 0 Å². The fraction of sp³-hybridized carbons (Fsp3) is 0.133. The van der Waals surface area contributed by atoms with E-state index in [0.29, 0.717) is 6.42 Å². The lowest BCUT2D eigenvalue weighted by Crippen LogP contribution is -2.27. The second-order valence-corrected chi connectivity index (χ2v) is 6.17. The van der Waals surface area contributed by atoms with Crippen LogP contribution in [0.15, 0.2) is 59.5 Å². The van der Waals surface area contributed by atoms with E-state index in [0.717, 1.165) is 5.56 Å². The molecule has 0 unspecified atom stereocenters. The van der Waals surface area contributed by atoms with Gasteiger partial charge in [-0.1, -0.05) is 42.5 Å². The first-order chi connectivity index (χ1) is 10.0.